The van der Waals surface area contributed by atoms with Gasteiger partial charge in [-0.2, -0.15) is 5.26 Å². The molecule has 0 saturated heterocycles. The van der Waals surface area contributed by atoms with E-state index in [2.05, 4.69) is 9.72 Å². The molecule has 0 saturated carbocycles. The van der Waals surface area contributed by atoms with Crippen LogP contribution >= 0.6 is 22.6 Å². The van der Waals surface area contributed by atoms with Gasteiger partial charge in [-0.3, -0.25) is 0 Å². The van der Waals surface area contributed by atoms with Crippen molar-refractivity contribution in [3.63, 3.8) is 0 Å². The van der Waals surface area contributed by atoms with Crippen LogP contribution < -0.4 is 4.74 Å². The molecule has 0 atom stereocenters. The molecule has 1 aromatic rings. The third-order valence-electron chi connectivity index (χ3n) is 1.51. The topological polar surface area (TPSA) is 45.9 Å². The molecule has 9 heteroatoms. The van der Waals surface area contributed by atoms with Crippen molar-refractivity contribution in [3.05, 3.63) is 20.9 Å². The molecule has 0 fully saturated rings. The molecule has 1 heterocycles. The summed E-state index contributed by atoms with van der Waals surface area (Å²) in [5.41, 5.74) is -1.26. The number of pyridine rings is 1. The number of hydrogen-bond acceptors (Lipinski definition) is 3. The van der Waals surface area contributed by atoms with Gasteiger partial charge < -0.3 is 4.74 Å². The summed E-state index contributed by atoms with van der Waals surface area (Å²) in [4.78, 5) is 3.01. The summed E-state index contributed by atoms with van der Waals surface area (Å²) in [6, 6.07) is 2.14. The standard InChI is InChI=1S/C8H2F5IN2O/c9-7(10)6-5(14)3(2-15)1-4(16-6)17-8(11,12)13/h1,7H. The zero-order valence-electron chi connectivity index (χ0n) is 7.73. The lowest BCUT2D eigenvalue weighted by molar-refractivity contribution is -0.276. The van der Waals surface area contributed by atoms with E-state index in [4.69, 9.17) is 5.26 Å². The first-order valence-electron chi connectivity index (χ1n) is 3.89. The smallest absolute Gasteiger partial charge is 0.388 e. The Morgan fingerprint density at radius 2 is 2.00 bits per heavy atom. The third-order valence-corrected chi connectivity index (χ3v) is 2.64. The van der Waals surface area contributed by atoms with Crippen LogP contribution in [0.1, 0.15) is 17.7 Å². The summed E-state index contributed by atoms with van der Waals surface area (Å²) in [6.45, 7) is 0. The summed E-state index contributed by atoms with van der Waals surface area (Å²) in [7, 11) is 0. The number of alkyl halides is 5. The maximum atomic E-state index is 12.4. The van der Waals surface area contributed by atoms with Crippen molar-refractivity contribution in [3.8, 4) is 11.9 Å². The van der Waals surface area contributed by atoms with Crippen molar-refractivity contribution >= 4 is 22.6 Å². The first-order valence-corrected chi connectivity index (χ1v) is 4.97. The van der Waals surface area contributed by atoms with E-state index in [0.717, 1.165) is 0 Å². The lowest BCUT2D eigenvalue weighted by atomic mass is 10.2. The van der Waals surface area contributed by atoms with Gasteiger partial charge in [-0.15, -0.1) is 13.2 Å². The predicted molar refractivity (Wildman–Crippen MR) is 53.3 cm³/mol. The van der Waals surface area contributed by atoms with Gasteiger partial charge in [0.25, 0.3) is 6.43 Å². The van der Waals surface area contributed by atoms with E-state index in [1.54, 1.807) is 0 Å². The Kier molecular flexibility index (Phi) is 4.07. The maximum Gasteiger partial charge on any atom is 0.574 e. The molecule has 92 valence electrons. The summed E-state index contributed by atoms with van der Waals surface area (Å²) in [5.74, 6) is -1.08. The Hall–Kier alpha value is -1.18. The second kappa shape index (κ2) is 4.99. The van der Waals surface area contributed by atoms with E-state index in [1.165, 1.54) is 28.7 Å². The molecular formula is C8H2F5IN2O. The number of nitriles is 1. The fourth-order valence-electron chi connectivity index (χ4n) is 0.922. The lowest BCUT2D eigenvalue weighted by Gasteiger charge is -2.11. The van der Waals surface area contributed by atoms with Crippen molar-refractivity contribution in [1.29, 1.82) is 5.26 Å². The Morgan fingerprint density at radius 1 is 1.41 bits per heavy atom. The molecule has 17 heavy (non-hydrogen) atoms. The van der Waals surface area contributed by atoms with Gasteiger partial charge in [0.15, 0.2) is 0 Å². The monoisotopic (exact) mass is 364 g/mol. The fourth-order valence-corrected chi connectivity index (χ4v) is 1.55. The highest BCUT2D eigenvalue weighted by atomic mass is 127. The van der Waals surface area contributed by atoms with Gasteiger partial charge in [0.05, 0.1) is 9.13 Å². The molecule has 0 amide bonds. The Labute approximate surface area is 105 Å². The quantitative estimate of drug-likeness (QED) is 0.597. The first-order chi connectivity index (χ1) is 7.74. The Bertz CT molecular complexity index is 468. The van der Waals surface area contributed by atoms with Gasteiger partial charge in [-0.1, -0.05) is 0 Å². The number of aromatic nitrogens is 1. The zero-order chi connectivity index (χ0) is 13.2. The van der Waals surface area contributed by atoms with Gasteiger partial charge in [0.1, 0.15) is 11.8 Å². The molecule has 0 bridgehead atoms. The summed E-state index contributed by atoms with van der Waals surface area (Å²) >= 11 is 1.41. The van der Waals surface area contributed by atoms with Crippen LogP contribution in [0.5, 0.6) is 5.88 Å². The first kappa shape index (κ1) is 13.9. The highest BCUT2D eigenvalue weighted by Gasteiger charge is 2.33. The average molecular weight is 364 g/mol. The molecule has 1 rings (SSSR count). The maximum absolute atomic E-state index is 12.4. The fraction of sp³-hybridized carbons (Fsp3) is 0.250. The van der Waals surface area contributed by atoms with Crippen molar-refractivity contribution in [1.82, 2.24) is 4.98 Å². The van der Waals surface area contributed by atoms with Crippen LogP contribution in [-0.2, 0) is 0 Å². The van der Waals surface area contributed by atoms with Crippen molar-refractivity contribution in [2.45, 2.75) is 12.8 Å². The van der Waals surface area contributed by atoms with Crippen molar-refractivity contribution in [2.75, 3.05) is 0 Å². The normalized spacial score (nSPS) is 11.4. The summed E-state index contributed by atoms with van der Waals surface area (Å²) in [6.07, 6.45) is -8.14. The van der Waals surface area contributed by atoms with Gasteiger partial charge >= 0.3 is 6.36 Å². The third kappa shape index (κ3) is 3.65. The largest absolute Gasteiger partial charge is 0.574 e. The van der Waals surface area contributed by atoms with Gasteiger partial charge in [0.2, 0.25) is 5.88 Å². The summed E-state index contributed by atoms with van der Waals surface area (Å²) < 4.78 is 63.7. The number of halogens is 6. The lowest BCUT2D eigenvalue weighted by Crippen LogP contribution is -2.18. The van der Waals surface area contributed by atoms with E-state index in [0.29, 0.717) is 6.07 Å². The van der Waals surface area contributed by atoms with E-state index in [9.17, 15) is 22.0 Å². The molecular weight excluding hydrogens is 362 g/mol. The molecule has 0 aliphatic heterocycles. The summed E-state index contributed by atoms with van der Waals surface area (Å²) in [5, 5.41) is 8.58. The molecule has 0 spiro atoms. The minimum absolute atomic E-state index is 0.199. The SMILES string of the molecule is N#Cc1cc(OC(F)(F)F)nc(C(F)F)c1I. The van der Waals surface area contributed by atoms with Crippen LogP contribution in [0, 0.1) is 14.9 Å². The molecule has 1 aromatic heterocycles. The van der Waals surface area contributed by atoms with E-state index < -0.39 is 24.4 Å². The van der Waals surface area contributed by atoms with E-state index in [-0.39, 0.29) is 9.13 Å². The van der Waals surface area contributed by atoms with Crippen LogP contribution in [0.15, 0.2) is 6.07 Å². The van der Waals surface area contributed by atoms with Crippen LogP contribution in [-0.4, -0.2) is 11.3 Å². The van der Waals surface area contributed by atoms with Crippen molar-refractivity contribution < 1.29 is 26.7 Å². The molecule has 0 radical (unpaired) electrons. The zero-order valence-corrected chi connectivity index (χ0v) is 9.88. The minimum Gasteiger partial charge on any atom is -0.388 e. The molecule has 0 aliphatic carbocycles. The van der Waals surface area contributed by atoms with E-state index >= 15 is 0 Å². The molecule has 0 aromatic carbocycles. The predicted octanol–water partition coefficient (Wildman–Crippen LogP) is 3.39. The van der Waals surface area contributed by atoms with Gasteiger partial charge in [-0.25, -0.2) is 13.8 Å². The number of ether oxygens (including phenoxy) is 1. The average Bonchev–Trinajstić information content (AvgIpc) is 2.17. The van der Waals surface area contributed by atoms with Crippen LogP contribution in [0.4, 0.5) is 22.0 Å². The Morgan fingerprint density at radius 3 is 2.41 bits per heavy atom. The van der Waals surface area contributed by atoms with Crippen LogP contribution in [0.25, 0.3) is 0 Å². The number of hydrogen-bond donors (Lipinski definition) is 0. The number of nitrogens with zero attached hydrogens (tertiary/aromatic N) is 2. The van der Waals surface area contributed by atoms with Crippen molar-refractivity contribution in [2.24, 2.45) is 0 Å². The van der Waals surface area contributed by atoms with Gasteiger partial charge in [0, 0.05) is 6.07 Å². The van der Waals surface area contributed by atoms with E-state index in [1.807, 2.05) is 0 Å². The highest BCUT2D eigenvalue weighted by molar-refractivity contribution is 14.1. The minimum atomic E-state index is -5.05. The Balaban J connectivity index is 3.27. The van der Waals surface area contributed by atoms with Gasteiger partial charge in [-0.05, 0) is 22.6 Å². The van der Waals surface area contributed by atoms with Crippen LogP contribution in [0.3, 0.4) is 0 Å². The highest BCUT2D eigenvalue weighted by Crippen LogP contribution is 2.30. The molecule has 3 nitrogen and oxygen atoms in total. The molecule has 0 unspecified atom stereocenters. The second-order valence-electron chi connectivity index (χ2n) is 2.67. The second-order valence-corrected chi connectivity index (χ2v) is 3.75. The molecule has 0 aliphatic rings. The number of rotatable bonds is 2. The molecule has 0 N–H and O–H groups in total. The van der Waals surface area contributed by atoms with Crippen LogP contribution in [0.2, 0.25) is 0 Å².